The molecule has 0 aliphatic rings. The Hall–Kier alpha value is -1.60. The van der Waals surface area contributed by atoms with Crippen LogP contribution in [0.5, 0.6) is 0 Å². The molecule has 5 nitrogen and oxygen atoms in total. The Labute approximate surface area is 154 Å². The van der Waals surface area contributed by atoms with Gasteiger partial charge in [-0.05, 0) is 30.2 Å². The minimum atomic E-state index is 0.0784. The summed E-state index contributed by atoms with van der Waals surface area (Å²) in [5.41, 5.74) is 7.97. The highest BCUT2D eigenvalue weighted by Gasteiger charge is 2.13. The maximum absolute atomic E-state index is 6.25. The fourth-order valence-electron chi connectivity index (χ4n) is 2.43. The summed E-state index contributed by atoms with van der Waals surface area (Å²) in [5, 5.41) is 11.9. The number of hydrogen-bond acceptors (Lipinski definition) is 5. The molecule has 0 amide bonds. The monoisotopic (exact) mass is 381 g/mol. The zero-order chi connectivity index (χ0) is 17.1. The van der Waals surface area contributed by atoms with Crippen LogP contribution in [0.15, 0.2) is 36.0 Å². The summed E-state index contributed by atoms with van der Waals surface area (Å²) in [6, 6.07) is 7.67. The van der Waals surface area contributed by atoms with Gasteiger partial charge in [-0.15, -0.1) is 11.3 Å². The second-order valence-electron chi connectivity index (χ2n) is 5.42. The minimum absolute atomic E-state index is 0.0784. The number of nitrogens with two attached hydrogens (primary N) is 1. The van der Waals surface area contributed by atoms with E-state index in [1.807, 2.05) is 19.2 Å². The van der Waals surface area contributed by atoms with Crippen molar-refractivity contribution in [3.8, 4) is 11.4 Å². The summed E-state index contributed by atoms with van der Waals surface area (Å²) in [7, 11) is 1.87. The van der Waals surface area contributed by atoms with E-state index in [4.69, 9.17) is 28.9 Å². The molecular weight excluding hydrogens is 365 g/mol. The molecule has 2 heterocycles. The maximum Gasteiger partial charge on any atom is 0.158 e. The summed E-state index contributed by atoms with van der Waals surface area (Å²) in [4.78, 5) is 4.26. The Morgan fingerprint density at radius 2 is 2.17 bits per heavy atom. The van der Waals surface area contributed by atoms with Crippen LogP contribution in [0.1, 0.15) is 5.56 Å². The molecule has 0 bridgehead atoms. The lowest BCUT2D eigenvalue weighted by Gasteiger charge is -2.17. The molecule has 0 saturated carbocycles. The second-order valence-corrected chi connectivity index (χ2v) is 7.18. The maximum atomic E-state index is 6.25. The smallest absolute Gasteiger partial charge is 0.158 e. The number of aryl methyl sites for hydroxylation is 1. The number of nitrogens with zero attached hydrogens (tertiary/aromatic N) is 3. The van der Waals surface area contributed by atoms with Crippen LogP contribution in [0.4, 0.5) is 5.00 Å². The molecule has 126 valence electrons. The largest absolute Gasteiger partial charge is 0.373 e. The summed E-state index contributed by atoms with van der Waals surface area (Å²) < 4.78 is 1.75. The number of anilines is 1. The number of aromatic nitrogens is 3. The van der Waals surface area contributed by atoms with Gasteiger partial charge in [-0.25, -0.2) is 9.67 Å². The molecule has 3 N–H and O–H groups in total. The molecule has 0 fully saturated rings. The number of nitrogens with one attached hydrogen (secondary N) is 1. The van der Waals surface area contributed by atoms with E-state index in [-0.39, 0.29) is 6.04 Å². The molecule has 0 saturated heterocycles. The van der Waals surface area contributed by atoms with Crippen LogP contribution in [0.2, 0.25) is 10.0 Å². The van der Waals surface area contributed by atoms with Crippen LogP contribution in [0, 0.1) is 0 Å². The van der Waals surface area contributed by atoms with Crippen LogP contribution < -0.4 is 11.1 Å². The van der Waals surface area contributed by atoms with Gasteiger partial charge in [0.15, 0.2) is 5.82 Å². The fraction of sp³-hybridized carbons (Fsp3) is 0.250. The van der Waals surface area contributed by atoms with E-state index < -0.39 is 0 Å². The first kappa shape index (κ1) is 17.2. The van der Waals surface area contributed by atoms with Gasteiger partial charge < -0.3 is 11.1 Å². The van der Waals surface area contributed by atoms with E-state index >= 15 is 0 Å². The Morgan fingerprint density at radius 1 is 1.33 bits per heavy atom. The van der Waals surface area contributed by atoms with E-state index in [2.05, 4.69) is 26.8 Å². The quantitative estimate of drug-likeness (QED) is 0.680. The molecule has 1 aromatic carbocycles. The number of hydrogen-bond donors (Lipinski definition) is 2. The van der Waals surface area contributed by atoms with Crippen LogP contribution in [0.3, 0.4) is 0 Å². The molecule has 0 aliphatic heterocycles. The fourth-order valence-corrected chi connectivity index (χ4v) is 3.78. The highest BCUT2D eigenvalue weighted by Crippen LogP contribution is 2.29. The normalized spacial score (nSPS) is 12.3. The average molecular weight is 382 g/mol. The van der Waals surface area contributed by atoms with E-state index in [1.54, 1.807) is 28.4 Å². The number of benzene rings is 1. The van der Waals surface area contributed by atoms with Gasteiger partial charge in [0.1, 0.15) is 6.33 Å². The van der Waals surface area contributed by atoms with Crippen LogP contribution >= 0.6 is 34.5 Å². The molecule has 0 aliphatic carbocycles. The number of thiophene rings is 1. The van der Waals surface area contributed by atoms with Crippen molar-refractivity contribution in [2.45, 2.75) is 12.5 Å². The second kappa shape index (κ2) is 7.53. The lowest BCUT2D eigenvalue weighted by atomic mass is 10.1. The first-order valence-corrected chi connectivity index (χ1v) is 9.04. The third-order valence-electron chi connectivity index (χ3n) is 3.68. The van der Waals surface area contributed by atoms with Crippen molar-refractivity contribution >= 4 is 39.5 Å². The zero-order valence-corrected chi connectivity index (χ0v) is 15.4. The lowest BCUT2D eigenvalue weighted by molar-refractivity contribution is 0.726. The standard InChI is InChI=1S/C16H17Cl2N5S/c1-23-16(20-9-21-23)11-5-15(24-8-11)22-13(7-19)4-10-2-3-12(17)6-14(10)18/h2-3,5-6,8-9,13,22H,4,7,19H2,1H3/t13-/m0/s1. The summed E-state index contributed by atoms with van der Waals surface area (Å²) in [6.45, 7) is 0.496. The molecular formula is C16H17Cl2N5S. The first-order valence-electron chi connectivity index (χ1n) is 7.40. The highest BCUT2D eigenvalue weighted by molar-refractivity contribution is 7.14. The Kier molecular flexibility index (Phi) is 5.40. The van der Waals surface area contributed by atoms with E-state index in [1.165, 1.54) is 0 Å². The van der Waals surface area contributed by atoms with Gasteiger partial charge in [-0.1, -0.05) is 29.3 Å². The zero-order valence-electron chi connectivity index (χ0n) is 13.0. The van der Waals surface area contributed by atoms with Crippen molar-refractivity contribution in [3.63, 3.8) is 0 Å². The minimum Gasteiger partial charge on any atom is -0.373 e. The van der Waals surface area contributed by atoms with Gasteiger partial charge in [0.05, 0.1) is 5.00 Å². The molecule has 1 atom stereocenters. The molecule has 0 radical (unpaired) electrons. The molecule has 2 aromatic heterocycles. The topological polar surface area (TPSA) is 68.8 Å². The van der Waals surface area contributed by atoms with Gasteiger partial charge in [0.25, 0.3) is 0 Å². The molecule has 3 aromatic rings. The van der Waals surface area contributed by atoms with E-state index in [0.29, 0.717) is 16.6 Å². The third-order valence-corrected chi connectivity index (χ3v) is 5.13. The molecule has 3 rings (SSSR count). The summed E-state index contributed by atoms with van der Waals surface area (Å²) >= 11 is 13.8. The number of halogens is 2. The van der Waals surface area contributed by atoms with E-state index in [0.717, 1.165) is 28.4 Å². The van der Waals surface area contributed by atoms with Crippen molar-refractivity contribution in [3.05, 3.63) is 51.6 Å². The predicted octanol–water partition coefficient (Wildman–Crippen LogP) is 3.83. The Bertz CT molecular complexity index is 829. The van der Waals surface area contributed by atoms with E-state index in [9.17, 15) is 0 Å². The van der Waals surface area contributed by atoms with Crippen molar-refractivity contribution in [2.75, 3.05) is 11.9 Å². The van der Waals surface area contributed by atoms with Crippen LogP contribution in [0.25, 0.3) is 11.4 Å². The molecule has 8 heteroatoms. The molecule has 0 spiro atoms. The average Bonchev–Trinajstić information content (AvgIpc) is 3.17. The van der Waals surface area contributed by atoms with Gasteiger partial charge in [-0.3, -0.25) is 0 Å². The molecule has 24 heavy (non-hydrogen) atoms. The highest BCUT2D eigenvalue weighted by atomic mass is 35.5. The van der Waals surface area contributed by atoms with Crippen molar-refractivity contribution in [1.29, 1.82) is 0 Å². The first-order chi connectivity index (χ1) is 11.6. The molecule has 0 unspecified atom stereocenters. The third kappa shape index (κ3) is 3.89. The Balaban J connectivity index is 1.72. The van der Waals surface area contributed by atoms with Gasteiger partial charge in [0, 0.05) is 40.6 Å². The lowest BCUT2D eigenvalue weighted by Crippen LogP contribution is -2.30. The predicted molar refractivity (Wildman–Crippen MR) is 101 cm³/mol. The van der Waals surface area contributed by atoms with Gasteiger partial charge in [0.2, 0.25) is 0 Å². The van der Waals surface area contributed by atoms with Gasteiger partial charge in [-0.2, -0.15) is 5.10 Å². The van der Waals surface area contributed by atoms with Crippen molar-refractivity contribution < 1.29 is 0 Å². The summed E-state index contributed by atoms with van der Waals surface area (Å²) in [5.74, 6) is 0.837. The van der Waals surface area contributed by atoms with Crippen molar-refractivity contribution in [1.82, 2.24) is 14.8 Å². The summed E-state index contributed by atoms with van der Waals surface area (Å²) in [6.07, 6.45) is 2.27. The van der Waals surface area contributed by atoms with Crippen LogP contribution in [-0.4, -0.2) is 27.4 Å². The van der Waals surface area contributed by atoms with Crippen LogP contribution in [-0.2, 0) is 13.5 Å². The van der Waals surface area contributed by atoms with Gasteiger partial charge >= 0.3 is 0 Å². The Morgan fingerprint density at radius 3 is 2.83 bits per heavy atom. The SMILES string of the molecule is Cn1ncnc1-c1csc(N[C@H](CN)Cc2ccc(Cl)cc2Cl)c1. The van der Waals surface area contributed by atoms with Crippen molar-refractivity contribution in [2.24, 2.45) is 12.8 Å². The number of rotatable bonds is 6.